The molecule has 1 N–H and O–H groups in total. The molecule has 0 spiro atoms. The van der Waals surface area contributed by atoms with Crippen molar-refractivity contribution in [2.75, 3.05) is 24.2 Å². The molecule has 0 saturated carbocycles. The van der Waals surface area contributed by atoms with E-state index in [2.05, 4.69) is 21.2 Å². The standard InChI is InChI=1S/C18H19BrN2O3S2/c19-14-3-5-15(6-4-14)20-18(22)13-25-16-7-9-17(10-8-16)26(23,24)21-11-1-2-12-21/h3-10H,1-2,11-13H2,(H,20,22). The van der Waals surface area contributed by atoms with Gasteiger partial charge < -0.3 is 5.32 Å². The molecule has 0 aliphatic carbocycles. The van der Waals surface area contributed by atoms with Crippen LogP contribution >= 0.6 is 27.7 Å². The number of benzene rings is 2. The molecule has 2 aromatic rings. The van der Waals surface area contributed by atoms with Crippen LogP contribution in [0, 0.1) is 0 Å². The van der Waals surface area contributed by atoms with Crippen molar-refractivity contribution in [3.63, 3.8) is 0 Å². The van der Waals surface area contributed by atoms with Crippen LogP contribution in [0.25, 0.3) is 0 Å². The highest BCUT2D eigenvalue weighted by molar-refractivity contribution is 9.10. The highest BCUT2D eigenvalue weighted by Gasteiger charge is 2.26. The van der Waals surface area contributed by atoms with E-state index in [1.807, 2.05) is 24.3 Å². The maximum absolute atomic E-state index is 12.5. The van der Waals surface area contributed by atoms with Crippen LogP contribution in [0.3, 0.4) is 0 Å². The van der Waals surface area contributed by atoms with Crippen LogP contribution in [0.2, 0.25) is 0 Å². The number of carbonyl (C=O) groups is 1. The average Bonchev–Trinajstić information content (AvgIpc) is 3.18. The van der Waals surface area contributed by atoms with E-state index in [1.165, 1.54) is 16.1 Å². The van der Waals surface area contributed by atoms with Crippen molar-refractivity contribution in [2.24, 2.45) is 0 Å². The van der Waals surface area contributed by atoms with E-state index < -0.39 is 10.0 Å². The second kappa shape index (κ2) is 8.56. The predicted octanol–water partition coefficient (Wildman–Crippen LogP) is 3.96. The summed E-state index contributed by atoms with van der Waals surface area (Å²) >= 11 is 4.72. The molecule has 0 unspecified atom stereocenters. The molecular weight excluding hydrogens is 436 g/mol. The Morgan fingerprint density at radius 2 is 1.65 bits per heavy atom. The molecule has 1 fully saturated rings. The van der Waals surface area contributed by atoms with Crippen LogP contribution in [0.5, 0.6) is 0 Å². The van der Waals surface area contributed by atoms with E-state index in [9.17, 15) is 13.2 Å². The fourth-order valence-electron chi connectivity index (χ4n) is 2.66. The summed E-state index contributed by atoms with van der Waals surface area (Å²) in [5.41, 5.74) is 0.742. The maximum Gasteiger partial charge on any atom is 0.243 e. The monoisotopic (exact) mass is 454 g/mol. The smallest absolute Gasteiger partial charge is 0.243 e. The highest BCUT2D eigenvalue weighted by Crippen LogP contribution is 2.24. The fourth-order valence-corrected chi connectivity index (χ4v) is 5.14. The van der Waals surface area contributed by atoms with Crippen LogP contribution in [0.15, 0.2) is 62.8 Å². The molecule has 1 amide bonds. The molecule has 26 heavy (non-hydrogen) atoms. The summed E-state index contributed by atoms with van der Waals surface area (Å²) < 4.78 is 27.5. The van der Waals surface area contributed by atoms with Crippen molar-refractivity contribution in [2.45, 2.75) is 22.6 Å². The van der Waals surface area contributed by atoms with Gasteiger partial charge in [0.15, 0.2) is 0 Å². The van der Waals surface area contributed by atoms with Gasteiger partial charge in [0.2, 0.25) is 15.9 Å². The second-order valence-electron chi connectivity index (χ2n) is 5.93. The van der Waals surface area contributed by atoms with E-state index in [-0.39, 0.29) is 11.7 Å². The molecule has 1 saturated heterocycles. The third kappa shape index (κ3) is 4.88. The molecule has 5 nitrogen and oxygen atoms in total. The second-order valence-corrected chi connectivity index (χ2v) is 9.83. The number of nitrogens with zero attached hydrogens (tertiary/aromatic N) is 1. The Hall–Kier alpha value is -1.35. The van der Waals surface area contributed by atoms with Gasteiger partial charge in [-0.15, -0.1) is 11.8 Å². The molecular formula is C18H19BrN2O3S2. The molecule has 0 aromatic heterocycles. The number of nitrogens with one attached hydrogen (secondary N) is 1. The third-order valence-electron chi connectivity index (χ3n) is 4.02. The highest BCUT2D eigenvalue weighted by atomic mass is 79.9. The SMILES string of the molecule is O=C(CSc1ccc(S(=O)(=O)N2CCCC2)cc1)Nc1ccc(Br)cc1. The van der Waals surface area contributed by atoms with Crippen molar-refractivity contribution in [1.82, 2.24) is 4.31 Å². The molecule has 1 heterocycles. The van der Waals surface area contributed by atoms with E-state index in [4.69, 9.17) is 0 Å². The molecule has 3 rings (SSSR count). The van der Waals surface area contributed by atoms with Crippen LogP contribution in [0.4, 0.5) is 5.69 Å². The van der Waals surface area contributed by atoms with Gasteiger partial charge in [-0.05, 0) is 61.4 Å². The average molecular weight is 455 g/mol. The first-order valence-corrected chi connectivity index (χ1v) is 11.5. The number of thioether (sulfide) groups is 1. The minimum Gasteiger partial charge on any atom is -0.325 e. The molecule has 1 aliphatic rings. The van der Waals surface area contributed by atoms with Crippen LogP contribution in [-0.2, 0) is 14.8 Å². The van der Waals surface area contributed by atoms with Gasteiger partial charge in [0.05, 0.1) is 10.6 Å². The van der Waals surface area contributed by atoms with Gasteiger partial charge in [-0.2, -0.15) is 4.31 Å². The zero-order valence-corrected chi connectivity index (χ0v) is 17.2. The summed E-state index contributed by atoms with van der Waals surface area (Å²) in [6.07, 6.45) is 1.83. The summed E-state index contributed by atoms with van der Waals surface area (Å²) in [5.74, 6) is 0.153. The lowest BCUT2D eigenvalue weighted by atomic mass is 10.3. The lowest BCUT2D eigenvalue weighted by molar-refractivity contribution is -0.113. The fraction of sp³-hybridized carbons (Fsp3) is 0.278. The number of anilines is 1. The molecule has 8 heteroatoms. The van der Waals surface area contributed by atoms with Gasteiger partial charge in [0.25, 0.3) is 0 Å². The summed E-state index contributed by atoms with van der Waals surface area (Å²) in [6.45, 7) is 1.18. The minimum atomic E-state index is -3.39. The number of hydrogen-bond donors (Lipinski definition) is 1. The number of rotatable bonds is 6. The van der Waals surface area contributed by atoms with E-state index in [0.717, 1.165) is 27.9 Å². The molecule has 0 atom stereocenters. The largest absolute Gasteiger partial charge is 0.325 e. The van der Waals surface area contributed by atoms with Gasteiger partial charge in [0.1, 0.15) is 0 Å². The van der Waals surface area contributed by atoms with Gasteiger partial charge in [0, 0.05) is 28.1 Å². The van der Waals surface area contributed by atoms with Gasteiger partial charge >= 0.3 is 0 Å². The molecule has 0 radical (unpaired) electrons. The zero-order valence-electron chi connectivity index (χ0n) is 14.0. The number of sulfonamides is 1. The van der Waals surface area contributed by atoms with Crippen molar-refractivity contribution in [3.8, 4) is 0 Å². The van der Waals surface area contributed by atoms with Crippen LogP contribution in [0.1, 0.15) is 12.8 Å². The lowest BCUT2D eigenvalue weighted by Crippen LogP contribution is -2.27. The first kappa shape index (κ1) is 19.4. The Balaban J connectivity index is 1.55. The number of carbonyl (C=O) groups excluding carboxylic acids is 1. The van der Waals surface area contributed by atoms with E-state index in [1.54, 1.807) is 24.3 Å². The maximum atomic E-state index is 12.5. The Kier molecular flexibility index (Phi) is 6.39. The van der Waals surface area contributed by atoms with Gasteiger partial charge in [-0.25, -0.2) is 8.42 Å². The van der Waals surface area contributed by atoms with Crippen LogP contribution < -0.4 is 5.32 Å². The van der Waals surface area contributed by atoms with E-state index >= 15 is 0 Å². The zero-order chi connectivity index (χ0) is 18.6. The van der Waals surface area contributed by atoms with Crippen molar-refractivity contribution in [3.05, 3.63) is 53.0 Å². The summed E-state index contributed by atoms with van der Waals surface area (Å²) in [4.78, 5) is 13.2. The molecule has 1 aliphatic heterocycles. The number of hydrogen-bond acceptors (Lipinski definition) is 4. The number of amides is 1. The summed E-state index contributed by atoms with van der Waals surface area (Å²) in [6, 6.07) is 14.1. The van der Waals surface area contributed by atoms with Crippen molar-refractivity contribution >= 4 is 49.3 Å². The van der Waals surface area contributed by atoms with Gasteiger partial charge in [-0.1, -0.05) is 15.9 Å². The first-order valence-electron chi connectivity index (χ1n) is 8.23. The minimum absolute atomic E-state index is 0.105. The Morgan fingerprint density at radius 1 is 1.04 bits per heavy atom. The molecule has 2 aromatic carbocycles. The Morgan fingerprint density at radius 3 is 2.27 bits per heavy atom. The van der Waals surface area contributed by atoms with Crippen molar-refractivity contribution in [1.29, 1.82) is 0 Å². The van der Waals surface area contributed by atoms with Crippen molar-refractivity contribution < 1.29 is 13.2 Å². The third-order valence-corrected chi connectivity index (χ3v) is 7.48. The summed E-state index contributed by atoms with van der Waals surface area (Å²) in [5, 5.41) is 2.83. The Bertz CT molecular complexity index is 862. The van der Waals surface area contributed by atoms with E-state index in [0.29, 0.717) is 18.0 Å². The first-order chi connectivity index (χ1) is 12.4. The van der Waals surface area contributed by atoms with Crippen LogP contribution in [-0.4, -0.2) is 37.5 Å². The Labute approximate surface area is 166 Å². The predicted molar refractivity (Wildman–Crippen MR) is 108 cm³/mol. The normalized spacial score (nSPS) is 15.1. The lowest BCUT2D eigenvalue weighted by Gasteiger charge is -2.15. The van der Waals surface area contributed by atoms with Gasteiger partial charge in [-0.3, -0.25) is 4.79 Å². The quantitative estimate of drug-likeness (QED) is 0.670. The topological polar surface area (TPSA) is 66.5 Å². The molecule has 138 valence electrons. The number of halogens is 1. The summed E-state index contributed by atoms with van der Waals surface area (Å²) in [7, 11) is -3.39. The molecule has 0 bridgehead atoms.